The molecule has 10 nitrogen and oxygen atoms in total. The summed E-state index contributed by atoms with van der Waals surface area (Å²) in [6, 6.07) is 12.3. The summed E-state index contributed by atoms with van der Waals surface area (Å²) < 4.78 is 20.2. The molecule has 2 aromatic carbocycles. The van der Waals surface area contributed by atoms with Crippen LogP contribution in [0.15, 0.2) is 83.0 Å². The Morgan fingerprint density at radius 2 is 1.95 bits per heavy atom. The third-order valence-electron chi connectivity index (χ3n) is 6.40. The molecule has 13 heteroatoms. The first-order chi connectivity index (χ1) is 20.0. The molecule has 0 N–H and O–H groups in total. The van der Waals surface area contributed by atoms with Crippen LogP contribution in [0.2, 0.25) is 0 Å². The van der Waals surface area contributed by atoms with Crippen molar-refractivity contribution in [3.05, 3.63) is 110 Å². The number of nitro groups is 1. The van der Waals surface area contributed by atoms with Crippen molar-refractivity contribution in [3.63, 3.8) is 0 Å². The number of allylic oxidation sites excluding steroid dienone is 1. The van der Waals surface area contributed by atoms with E-state index in [1.165, 1.54) is 23.8 Å². The van der Waals surface area contributed by atoms with Gasteiger partial charge in [-0.15, -0.1) is 0 Å². The second-order valence-electron chi connectivity index (χ2n) is 9.55. The fourth-order valence-electron chi connectivity index (χ4n) is 4.60. The van der Waals surface area contributed by atoms with Crippen molar-refractivity contribution in [1.82, 2.24) is 4.57 Å². The lowest BCUT2D eigenvalue weighted by atomic mass is 9.95. The third-order valence-corrected chi connectivity index (χ3v) is 8.53. The molecule has 0 saturated heterocycles. The molecule has 0 saturated carbocycles. The number of benzene rings is 2. The molecular formula is C29H23Br2N3O7S. The number of fused-ring (bicyclic) bond motifs is 1. The van der Waals surface area contributed by atoms with Crippen molar-refractivity contribution in [1.29, 1.82) is 0 Å². The molecule has 1 atom stereocenters. The molecule has 1 aliphatic rings. The number of carbonyl (C=O) groups is 1. The minimum atomic E-state index is -0.856. The molecule has 0 spiro atoms. The monoisotopic (exact) mass is 715 g/mol. The number of halogens is 2. The highest BCUT2D eigenvalue weighted by Crippen LogP contribution is 2.38. The number of carbonyl (C=O) groups excluding carboxylic acids is 1. The highest BCUT2D eigenvalue weighted by molar-refractivity contribution is 9.10. The second-order valence-corrected chi connectivity index (χ2v) is 12.3. The number of thiazole rings is 1. The number of nitro benzene ring substituents is 1. The molecule has 0 amide bonds. The Hall–Kier alpha value is -3.81. The van der Waals surface area contributed by atoms with Gasteiger partial charge in [0, 0.05) is 38.3 Å². The molecule has 5 rings (SSSR count). The Kier molecular flexibility index (Phi) is 8.35. The molecule has 0 unspecified atom stereocenters. The van der Waals surface area contributed by atoms with Gasteiger partial charge in [0.2, 0.25) is 0 Å². The van der Waals surface area contributed by atoms with E-state index in [0.29, 0.717) is 47.9 Å². The highest BCUT2D eigenvalue weighted by Gasteiger charge is 2.35. The van der Waals surface area contributed by atoms with E-state index in [4.69, 9.17) is 13.9 Å². The number of esters is 1. The minimum Gasteiger partial charge on any atom is -0.496 e. The van der Waals surface area contributed by atoms with E-state index >= 15 is 0 Å². The Bertz CT molecular complexity index is 1960. The summed E-state index contributed by atoms with van der Waals surface area (Å²) in [5.74, 6) is 0.776. The van der Waals surface area contributed by atoms with Crippen LogP contribution in [-0.2, 0) is 9.53 Å². The fraction of sp³-hybridized carbons (Fsp3) is 0.207. The lowest BCUT2D eigenvalue weighted by Gasteiger charge is -2.26. The van der Waals surface area contributed by atoms with Gasteiger partial charge in [0.15, 0.2) is 4.80 Å². The van der Waals surface area contributed by atoms with Gasteiger partial charge in [-0.2, -0.15) is 0 Å². The number of methoxy groups -OCH3 is 1. The summed E-state index contributed by atoms with van der Waals surface area (Å²) in [5.41, 5.74) is 1.45. The zero-order valence-corrected chi connectivity index (χ0v) is 26.7. The standard InChI is InChI=1S/C29H23Br2N3O7S/c1-14(2)40-28(36)25-15(3)32-29-33(26(25)20-11-16(30)5-9-22(20)39-4)27(35)24(42-29)13-18-7-10-23(41-18)19-8-6-17(34(37)38)12-21(19)31/h5-14,26H,1-4H3/b24-13-/t26-/m1/s1. The number of hydrogen-bond acceptors (Lipinski definition) is 9. The van der Waals surface area contributed by atoms with E-state index in [2.05, 4.69) is 36.9 Å². The maximum atomic E-state index is 14.0. The van der Waals surface area contributed by atoms with Crippen LogP contribution in [0.3, 0.4) is 0 Å². The summed E-state index contributed by atoms with van der Waals surface area (Å²) >= 11 is 8.03. The Morgan fingerprint density at radius 3 is 2.62 bits per heavy atom. The van der Waals surface area contributed by atoms with Crippen LogP contribution >= 0.6 is 43.2 Å². The van der Waals surface area contributed by atoms with Gasteiger partial charge >= 0.3 is 5.97 Å². The topological polar surface area (TPSA) is 126 Å². The van der Waals surface area contributed by atoms with Crippen molar-refractivity contribution < 1.29 is 23.6 Å². The normalized spacial score (nSPS) is 15.0. The van der Waals surface area contributed by atoms with Crippen molar-refractivity contribution in [3.8, 4) is 17.1 Å². The van der Waals surface area contributed by atoms with Crippen LogP contribution in [0.5, 0.6) is 5.75 Å². The van der Waals surface area contributed by atoms with Crippen LogP contribution in [0, 0.1) is 10.1 Å². The minimum absolute atomic E-state index is 0.0536. The van der Waals surface area contributed by atoms with Gasteiger partial charge < -0.3 is 13.9 Å². The van der Waals surface area contributed by atoms with E-state index in [-0.39, 0.29) is 22.9 Å². The lowest BCUT2D eigenvalue weighted by Crippen LogP contribution is -2.40. The number of nitrogens with zero attached hydrogens (tertiary/aromatic N) is 3. The van der Waals surface area contributed by atoms with Crippen LogP contribution < -0.4 is 19.6 Å². The van der Waals surface area contributed by atoms with Gasteiger partial charge in [0.05, 0.1) is 33.9 Å². The summed E-state index contributed by atoms with van der Waals surface area (Å²) in [6.45, 7) is 5.22. The molecule has 3 heterocycles. The molecule has 0 fully saturated rings. The Labute approximate surface area is 260 Å². The number of non-ortho nitro benzene ring substituents is 1. The van der Waals surface area contributed by atoms with Gasteiger partial charge in [-0.3, -0.25) is 19.5 Å². The SMILES string of the molecule is COc1ccc(Br)cc1[C@@H]1C(C(=O)OC(C)C)=C(C)N=c2s/c(=C\c3ccc(-c4ccc([N+](=O)[O-])cc4Br)o3)c(=O)n21. The van der Waals surface area contributed by atoms with E-state index in [1.54, 1.807) is 51.1 Å². The van der Waals surface area contributed by atoms with Crippen molar-refractivity contribution >= 4 is 60.9 Å². The van der Waals surface area contributed by atoms with Gasteiger partial charge in [-0.05, 0) is 73.1 Å². The predicted molar refractivity (Wildman–Crippen MR) is 164 cm³/mol. The Morgan fingerprint density at radius 1 is 1.19 bits per heavy atom. The molecule has 4 aromatic rings. The zero-order valence-electron chi connectivity index (χ0n) is 22.7. The molecular weight excluding hydrogens is 694 g/mol. The fourth-order valence-corrected chi connectivity index (χ4v) is 6.56. The quantitative estimate of drug-likeness (QED) is 0.133. The van der Waals surface area contributed by atoms with Crippen LogP contribution in [-0.4, -0.2) is 28.7 Å². The first-order valence-corrected chi connectivity index (χ1v) is 15.0. The molecule has 216 valence electrons. The average Bonchev–Trinajstić information content (AvgIpc) is 3.51. The van der Waals surface area contributed by atoms with Crippen LogP contribution in [0.1, 0.15) is 38.1 Å². The largest absolute Gasteiger partial charge is 0.496 e. The van der Waals surface area contributed by atoms with Crippen LogP contribution in [0.25, 0.3) is 17.4 Å². The molecule has 42 heavy (non-hydrogen) atoms. The smallest absolute Gasteiger partial charge is 0.338 e. The first kappa shape index (κ1) is 29.7. The average molecular weight is 717 g/mol. The summed E-state index contributed by atoms with van der Waals surface area (Å²) in [4.78, 5) is 43.0. The summed E-state index contributed by atoms with van der Waals surface area (Å²) in [7, 11) is 1.52. The maximum absolute atomic E-state index is 14.0. The number of aromatic nitrogens is 1. The third kappa shape index (κ3) is 5.63. The van der Waals surface area contributed by atoms with Gasteiger partial charge in [-0.25, -0.2) is 9.79 Å². The van der Waals surface area contributed by atoms with E-state index in [0.717, 1.165) is 15.8 Å². The number of ether oxygens (including phenoxy) is 2. The molecule has 0 radical (unpaired) electrons. The highest BCUT2D eigenvalue weighted by atomic mass is 79.9. The van der Waals surface area contributed by atoms with Gasteiger partial charge in [0.25, 0.3) is 11.2 Å². The van der Waals surface area contributed by atoms with Crippen molar-refractivity contribution in [2.24, 2.45) is 4.99 Å². The number of hydrogen-bond donors (Lipinski definition) is 0. The number of rotatable bonds is 7. The van der Waals surface area contributed by atoms with Crippen molar-refractivity contribution in [2.45, 2.75) is 32.9 Å². The van der Waals surface area contributed by atoms with Gasteiger partial charge in [0.1, 0.15) is 23.3 Å². The van der Waals surface area contributed by atoms with E-state index in [9.17, 15) is 19.7 Å². The summed E-state index contributed by atoms with van der Waals surface area (Å²) in [6.07, 6.45) is 1.23. The summed E-state index contributed by atoms with van der Waals surface area (Å²) in [5, 5.41) is 11.1. The van der Waals surface area contributed by atoms with Crippen molar-refractivity contribution in [2.75, 3.05) is 7.11 Å². The number of furan rings is 1. The predicted octanol–water partition coefficient (Wildman–Crippen LogP) is 5.89. The first-order valence-electron chi connectivity index (χ1n) is 12.6. The zero-order chi connectivity index (χ0) is 30.3. The van der Waals surface area contributed by atoms with E-state index in [1.807, 2.05) is 12.1 Å². The molecule has 0 aliphatic carbocycles. The molecule has 2 aromatic heterocycles. The lowest BCUT2D eigenvalue weighted by molar-refractivity contribution is -0.384. The van der Waals surface area contributed by atoms with E-state index < -0.39 is 16.9 Å². The van der Waals surface area contributed by atoms with Gasteiger partial charge in [-0.1, -0.05) is 27.3 Å². The maximum Gasteiger partial charge on any atom is 0.338 e. The second kappa shape index (κ2) is 11.8. The van der Waals surface area contributed by atoms with Crippen LogP contribution in [0.4, 0.5) is 5.69 Å². The molecule has 0 bridgehead atoms. The Balaban J connectivity index is 1.65. The molecule has 1 aliphatic heterocycles.